The summed E-state index contributed by atoms with van der Waals surface area (Å²) in [5.74, 6) is -1.52. The Morgan fingerprint density at radius 3 is 2.25 bits per heavy atom. The molecule has 0 saturated heterocycles. The van der Waals surface area contributed by atoms with Crippen LogP contribution in [0.5, 0.6) is 0 Å². The first kappa shape index (κ1) is 21.2. The van der Waals surface area contributed by atoms with Crippen LogP contribution in [0.1, 0.15) is 52.9 Å². The Balaban J connectivity index is 2.13. The van der Waals surface area contributed by atoms with Gasteiger partial charge in [-0.15, -0.1) is 0 Å². The van der Waals surface area contributed by atoms with Gasteiger partial charge >= 0.3 is 11.9 Å². The molecule has 0 aliphatic rings. The fourth-order valence-electron chi connectivity index (χ4n) is 3.05. The maximum Gasteiger partial charge on any atom is 0.355 e. The number of hydrogen-bond donors (Lipinski definition) is 1. The summed E-state index contributed by atoms with van der Waals surface area (Å²) in [5.41, 5.74) is 2.12. The van der Waals surface area contributed by atoms with Gasteiger partial charge in [0.05, 0.1) is 12.2 Å². The van der Waals surface area contributed by atoms with Gasteiger partial charge in [0, 0.05) is 17.4 Å². The Morgan fingerprint density at radius 1 is 1.04 bits per heavy atom. The van der Waals surface area contributed by atoms with Gasteiger partial charge in [-0.3, -0.25) is 4.79 Å². The van der Waals surface area contributed by atoms with Crippen molar-refractivity contribution < 1.29 is 23.9 Å². The molecule has 0 spiro atoms. The molecule has 150 valence electrons. The van der Waals surface area contributed by atoms with E-state index in [-0.39, 0.29) is 29.8 Å². The number of esters is 2. The highest BCUT2D eigenvalue weighted by Crippen LogP contribution is 2.21. The first-order chi connectivity index (χ1) is 13.3. The number of aryl methyl sites for hydroxylation is 1. The largest absolute Gasteiger partial charge is 0.461 e. The minimum absolute atomic E-state index is 0.0975. The van der Waals surface area contributed by atoms with E-state index in [9.17, 15) is 14.4 Å². The lowest BCUT2D eigenvalue weighted by Crippen LogP contribution is -2.39. The van der Waals surface area contributed by atoms with Gasteiger partial charge < -0.3 is 19.4 Å². The number of H-pyrrole nitrogens is 1. The summed E-state index contributed by atoms with van der Waals surface area (Å²) in [4.78, 5) is 41.6. The SMILES string of the molecule is CCOC(=O)c1[nH]c(C)c(C(=O)OCC(=O)N(c2ccccc2)C(C)C)c1C. The van der Waals surface area contributed by atoms with Gasteiger partial charge in [0.1, 0.15) is 5.69 Å². The molecule has 1 N–H and O–H groups in total. The fourth-order valence-corrected chi connectivity index (χ4v) is 3.05. The highest BCUT2D eigenvalue weighted by atomic mass is 16.5. The minimum atomic E-state index is -0.660. The van der Waals surface area contributed by atoms with E-state index in [1.54, 1.807) is 25.7 Å². The van der Waals surface area contributed by atoms with E-state index in [1.807, 2.05) is 44.2 Å². The van der Waals surface area contributed by atoms with Crippen molar-refractivity contribution in [2.45, 2.75) is 40.7 Å². The van der Waals surface area contributed by atoms with E-state index in [1.165, 1.54) is 0 Å². The molecule has 0 aliphatic carbocycles. The Kier molecular flexibility index (Phi) is 6.98. The van der Waals surface area contributed by atoms with Crippen LogP contribution in [0.2, 0.25) is 0 Å². The topological polar surface area (TPSA) is 88.7 Å². The zero-order chi connectivity index (χ0) is 20.8. The predicted molar refractivity (Wildman–Crippen MR) is 106 cm³/mol. The summed E-state index contributed by atoms with van der Waals surface area (Å²) in [5, 5.41) is 0. The molecule has 0 saturated carbocycles. The highest BCUT2D eigenvalue weighted by molar-refractivity contribution is 6.00. The van der Waals surface area contributed by atoms with Gasteiger partial charge in [0.2, 0.25) is 0 Å². The Hall–Kier alpha value is -3.09. The maximum atomic E-state index is 12.7. The first-order valence-corrected chi connectivity index (χ1v) is 9.18. The number of aromatic amines is 1. The number of hydrogen-bond acceptors (Lipinski definition) is 5. The van der Waals surface area contributed by atoms with Crippen molar-refractivity contribution in [2.24, 2.45) is 0 Å². The molecule has 28 heavy (non-hydrogen) atoms. The summed E-state index contributed by atoms with van der Waals surface area (Å²) in [6, 6.07) is 9.10. The van der Waals surface area contributed by atoms with Crippen LogP contribution in [-0.4, -0.2) is 42.1 Å². The predicted octanol–water partition coefficient (Wildman–Crippen LogP) is 3.41. The molecule has 0 unspecified atom stereocenters. The van der Waals surface area contributed by atoms with Crippen molar-refractivity contribution in [3.8, 4) is 0 Å². The molecular weight excluding hydrogens is 360 g/mol. The molecule has 1 aromatic carbocycles. The van der Waals surface area contributed by atoms with E-state index in [0.29, 0.717) is 11.3 Å². The molecule has 1 heterocycles. The average molecular weight is 386 g/mol. The molecule has 2 rings (SSSR count). The second-order valence-electron chi connectivity index (χ2n) is 6.61. The minimum Gasteiger partial charge on any atom is -0.461 e. The van der Waals surface area contributed by atoms with Gasteiger partial charge in [-0.05, 0) is 52.3 Å². The standard InChI is InChI=1S/C21H26N2O5/c1-6-27-21(26)19-14(4)18(15(5)22-19)20(25)28-12-17(24)23(13(2)3)16-10-8-7-9-11-16/h7-11,13,22H,6,12H2,1-5H3. The lowest BCUT2D eigenvalue weighted by Gasteiger charge is -2.26. The normalized spacial score (nSPS) is 10.6. The fraction of sp³-hybridized carbons (Fsp3) is 0.381. The monoisotopic (exact) mass is 386 g/mol. The summed E-state index contributed by atoms with van der Waals surface area (Å²) in [7, 11) is 0. The number of nitrogens with one attached hydrogen (secondary N) is 1. The van der Waals surface area contributed by atoms with Crippen molar-refractivity contribution in [2.75, 3.05) is 18.1 Å². The molecule has 7 heteroatoms. The molecule has 0 radical (unpaired) electrons. The van der Waals surface area contributed by atoms with Crippen molar-refractivity contribution in [1.29, 1.82) is 0 Å². The smallest absolute Gasteiger partial charge is 0.355 e. The van der Waals surface area contributed by atoms with Crippen molar-refractivity contribution in [3.05, 3.63) is 52.8 Å². The van der Waals surface area contributed by atoms with E-state index in [0.717, 1.165) is 5.69 Å². The lowest BCUT2D eigenvalue weighted by molar-refractivity contribution is -0.122. The molecule has 0 aliphatic heterocycles. The number of carbonyl (C=O) groups excluding carboxylic acids is 3. The van der Waals surface area contributed by atoms with E-state index >= 15 is 0 Å². The van der Waals surface area contributed by atoms with E-state index < -0.39 is 18.5 Å². The second-order valence-corrected chi connectivity index (χ2v) is 6.61. The van der Waals surface area contributed by atoms with Crippen LogP contribution < -0.4 is 4.90 Å². The summed E-state index contributed by atoms with van der Waals surface area (Å²) in [6.45, 7) is 8.62. The number of ether oxygens (including phenoxy) is 2. The van der Waals surface area contributed by atoms with Crippen molar-refractivity contribution >= 4 is 23.5 Å². The Morgan fingerprint density at radius 2 is 1.68 bits per heavy atom. The summed E-state index contributed by atoms with van der Waals surface area (Å²) < 4.78 is 10.2. The van der Waals surface area contributed by atoms with Gasteiger partial charge in [-0.25, -0.2) is 9.59 Å². The Labute approximate surface area is 164 Å². The van der Waals surface area contributed by atoms with Crippen molar-refractivity contribution in [1.82, 2.24) is 4.98 Å². The number of nitrogens with zero attached hydrogens (tertiary/aromatic N) is 1. The zero-order valence-corrected chi connectivity index (χ0v) is 16.9. The van der Waals surface area contributed by atoms with Crippen LogP contribution in [0.3, 0.4) is 0 Å². The quantitative estimate of drug-likeness (QED) is 0.737. The van der Waals surface area contributed by atoms with Crippen LogP contribution in [0.15, 0.2) is 30.3 Å². The number of amides is 1. The first-order valence-electron chi connectivity index (χ1n) is 9.18. The number of rotatable bonds is 7. The molecule has 1 amide bonds. The highest BCUT2D eigenvalue weighted by Gasteiger charge is 2.26. The third-order valence-corrected chi connectivity index (χ3v) is 4.27. The van der Waals surface area contributed by atoms with Gasteiger partial charge in [-0.1, -0.05) is 18.2 Å². The number of para-hydroxylation sites is 1. The molecule has 0 atom stereocenters. The van der Waals surface area contributed by atoms with Crippen LogP contribution in [0.25, 0.3) is 0 Å². The Bertz CT molecular complexity index is 855. The summed E-state index contributed by atoms with van der Waals surface area (Å²) in [6.07, 6.45) is 0. The molecule has 7 nitrogen and oxygen atoms in total. The van der Waals surface area contributed by atoms with Crippen molar-refractivity contribution in [3.63, 3.8) is 0 Å². The molecule has 0 fully saturated rings. The third-order valence-electron chi connectivity index (χ3n) is 4.27. The van der Waals surface area contributed by atoms with E-state index in [4.69, 9.17) is 9.47 Å². The lowest BCUT2D eigenvalue weighted by atomic mass is 10.1. The van der Waals surface area contributed by atoms with Crippen LogP contribution in [0.4, 0.5) is 5.69 Å². The van der Waals surface area contributed by atoms with Gasteiger partial charge in [-0.2, -0.15) is 0 Å². The number of aromatic nitrogens is 1. The van der Waals surface area contributed by atoms with Gasteiger partial charge in [0.15, 0.2) is 6.61 Å². The number of anilines is 1. The molecular formula is C21H26N2O5. The van der Waals surface area contributed by atoms with E-state index in [2.05, 4.69) is 4.98 Å². The second kappa shape index (κ2) is 9.21. The van der Waals surface area contributed by atoms with Crippen LogP contribution in [0, 0.1) is 13.8 Å². The summed E-state index contributed by atoms with van der Waals surface area (Å²) >= 11 is 0. The maximum absolute atomic E-state index is 12.7. The molecule has 0 bridgehead atoms. The van der Waals surface area contributed by atoms with Gasteiger partial charge in [0.25, 0.3) is 5.91 Å². The average Bonchev–Trinajstić information content (AvgIpc) is 2.95. The zero-order valence-electron chi connectivity index (χ0n) is 16.9. The number of carbonyl (C=O) groups is 3. The molecule has 2 aromatic rings. The number of benzene rings is 1. The third kappa shape index (κ3) is 4.60. The van der Waals surface area contributed by atoms with Crippen LogP contribution in [-0.2, 0) is 14.3 Å². The van der Waals surface area contributed by atoms with Crippen LogP contribution >= 0.6 is 0 Å². The molecule has 1 aromatic heterocycles.